The second-order valence-electron chi connectivity index (χ2n) is 4.88. The highest BCUT2D eigenvalue weighted by molar-refractivity contribution is 5.79. The van der Waals surface area contributed by atoms with Gasteiger partial charge in [0.1, 0.15) is 18.7 Å². The number of nitrogens with zero attached hydrogens (tertiary/aromatic N) is 5. The van der Waals surface area contributed by atoms with E-state index in [-0.39, 0.29) is 0 Å². The smallest absolute Gasteiger partial charge is 0.191 e. The van der Waals surface area contributed by atoms with E-state index in [0.29, 0.717) is 6.54 Å². The molecule has 2 heterocycles. The van der Waals surface area contributed by atoms with Crippen molar-refractivity contribution in [1.82, 2.24) is 30.3 Å². The summed E-state index contributed by atoms with van der Waals surface area (Å²) in [6, 6.07) is 0. The first kappa shape index (κ1) is 15.7. The van der Waals surface area contributed by atoms with Crippen molar-refractivity contribution in [3.05, 3.63) is 12.2 Å². The predicted octanol–water partition coefficient (Wildman–Crippen LogP) is -0.798. The second-order valence-corrected chi connectivity index (χ2v) is 4.88. The molecule has 8 nitrogen and oxygen atoms in total. The minimum Gasteiger partial charge on any atom is -0.379 e. The van der Waals surface area contributed by atoms with Crippen LogP contribution in [0.4, 0.5) is 0 Å². The Hall–Kier alpha value is -1.67. The van der Waals surface area contributed by atoms with Gasteiger partial charge in [-0.25, -0.2) is 9.98 Å². The fourth-order valence-electron chi connectivity index (χ4n) is 2.11. The maximum absolute atomic E-state index is 5.34. The minimum atomic E-state index is 0.517. The summed E-state index contributed by atoms with van der Waals surface area (Å²) in [4.78, 5) is 11.1. The number of guanidine groups is 1. The monoisotopic (exact) mass is 295 g/mol. The first-order valence-corrected chi connectivity index (χ1v) is 7.44. The molecule has 0 saturated carbocycles. The number of aromatic nitrogens is 3. The van der Waals surface area contributed by atoms with Gasteiger partial charge in [0.25, 0.3) is 0 Å². The van der Waals surface area contributed by atoms with Crippen LogP contribution < -0.4 is 10.6 Å². The van der Waals surface area contributed by atoms with Crippen LogP contribution in [0, 0.1) is 0 Å². The summed E-state index contributed by atoms with van der Waals surface area (Å²) in [5, 5.41) is 10.6. The zero-order chi connectivity index (χ0) is 14.9. The zero-order valence-electron chi connectivity index (χ0n) is 12.9. The van der Waals surface area contributed by atoms with Gasteiger partial charge in [0.15, 0.2) is 5.96 Å². The van der Waals surface area contributed by atoms with E-state index in [1.807, 2.05) is 7.05 Å². The van der Waals surface area contributed by atoms with Crippen LogP contribution in [0.1, 0.15) is 12.7 Å². The summed E-state index contributed by atoms with van der Waals surface area (Å²) in [7, 11) is 1.87. The van der Waals surface area contributed by atoms with E-state index < -0.39 is 0 Å². The predicted molar refractivity (Wildman–Crippen MR) is 81.1 cm³/mol. The molecule has 118 valence electrons. The number of rotatable bonds is 6. The van der Waals surface area contributed by atoms with Crippen molar-refractivity contribution in [3.8, 4) is 0 Å². The summed E-state index contributed by atoms with van der Waals surface area (Å²) >= 11 is 0. The van der Waals surface area contributed by atoms with Crippen molar-refractivity contribution < 1.29 is 4.74 Å². The van der Waals surface area contributed by atoms with Gasteiger partial charge in [-0.3, -0.25) is 9.58 Å². The molecular formula is C13H25N7O. The van der Waals surface area contributed by atoms with E-state index in [1.54, 1.807) is 11.0 Å². The molecule has 0 spiro atoms. The molecule has 0 aliphatic carbocycles. The summed E-state index contributed by atoms with van der Waals surface area (Å²) in [6.07, 6.45) is 1.55. The van der Waals surface area contributed by atoms with Crippen LogP contribution in [0.3, 0.4) is 0 Å². The first-order valence-electron chi connectivity index (χ1n) is 7.44. The van der Waals surface area contributed by atoms with Crippen LogP contribution in [0.15, 0.2) is 11.3 Å². The summed E-state index contributed by atoms with van der Waals surface area (Å²) in [5.41, 5.74) is 0. The lowest BCUT2D eigenvalue weighted by molar-refractivity contribution is 0.0389. The molecule has 8 heteroatoms. The molecule has 1 aromatic rings. The zero-order valence-corrected chi connectivity index (χ0v) is 12.9. The fraction of sp³-hybridized carbons (Fsp3) is 0.769. The average Bonchev–Trinajstić information content (AvgIpc) is 2.91. The number of ether oxygens (including phenoxy) is 1. The van der Waals surface area contributed by atoms with Crippen molar-refractivity contribution in [3.63, 3.8) is 0 Å². The molecular weight excluding hydrogens is 270 g/mol. The van der Waals surface area contributed by atoms with Gasteiger partial charge in [0.05, 0.1) is 13.2 Å². The van der Waals surface area contributed by atoms with E-state index in [1.165, 1.54) is 0 Å². The van der Waals surface area contributed by atoms with E-state index >= 15 is 0 Å². The molecule has 2 N–H and O–H groups in total. The van der Waals surface area contributed by atoms with Crippen molar-refractivity contribution in [2.24, 2.45) is 12.0 Å². The maximum Gasteiger partial charge on any atom is 0.191 e. The lowest BCUT2D eigenvalue weighted by Gasteiger charge is -2.26. The van der Waals surface area contributed by atoms with Crippen LogP contribution in [-0.4, -0.2) is 71.6 Å². The summed E-state index contributed by atoms with van der Waals surface area (Å²) in [6.45, 7) is 8.96. The van der Waals surface area contributed by atoms with Crippen LogP contribution in [0.25, 0.3) is 0 Å². The first-order chi connectivity index (χ1) is 10.3. The molecule has 1 aromatic heterocycles. The van der Waals surface area contributed by atoms with Crippen molar-refractivity contribution in [1.29, 1.82) is 0 Å². The SMILES string of the molecule is CCNC(=NCc1ncnn1C)NCCN1CCOCC1. The molecule has 0 atom stereocenters. The fourth-order valence-corrected chi connectivity index (χ4v) is 2.11. The third-order valence-corrected chi connectivity index (χ3v) is 3.35. The van der Waals surface area contributed by atoms with Gasteiger partial charge < -0.3 is 15.4 Å². The van der Waals surface area contributed by atoms with Crippen LogP contribution in [-0.2, 0) is 18.3 Å². The Morgan fingerprint density at radius 1 is 1.38 bits per heavy atom. The molecule has 1 fully saturated rings. The normalized spacial score (nSPS) is 17.0. The number of nitrogens with one attached hydrogen (secondary N) is 2. The molecule has 0 unspecified atom stereocenters. The Labute approximate surface area is 125 Å². The molecule has 0 amide bonds. The highest BCUT2D eigenvalue weighted by Crippen LogP contribution is 1.95. The Balaban J connectivity index is 1.76. The van der Waals surface area contributed by atoms with Crippen molar-refractivity contribution in [2.45, 2.75) is 13.5 Å². The molecule has 0 radical (unpaired) electrons. The number of morpholine rings is 1. The van der Waals surface area contributed by atoms with Crippen molar-refractivity contribution in [2.75, 3.05) is 45.9 Å². The third-order valence-electron chi connectivity index (χ3n) is 3.35. The number of hydrogen-bond donors (Lipinski definition) is 2. The highest BCUT2D eigenvalue weighted by Gasteiger charge is 2.09. The van der Waals surface area contributed by atoms with Gasteiger partial charge in [-0.1, -0.05) is 0 Å². The molecule has 2 rings (SSSR count). The Morgan fingerprint density at radius 2 is 2.19 bits per heavy atom. The molecule has 1 saturated heterocycles. The molecule has 21 heavy (non-hydrogen) atoms. The van der Waals surface area contributed by atoms with E-state index in [2.05, 4.69) is 37.5 Å². The lowest BCUT2D eigenvalue weighted by Crippen LogP contribution is -2.44. The van der Waals surface area contributed by atoms with Crippen LogP contribution in [0.5, 0.6) is 0 Å². The van der Waals surface area contributed by atoms with Crippen LogP contribution >= 0.6 is 0 Å². The van der Waals surface area contributed by atoms with Gasteiger partial charge in [0, 0.05) is 39.8 Å². The standard InChI is InChI=1S/C13H25N7O/c1-3-14-13(16-10-12-17-11-18-19(12)2)15-4-5-20-6-8-21-9-7-20/h11H,3-10H2,1-2H3,(H2,14,15,16). The summed E-state index contributed by atoms with van der Waals surface area (Å²) < 4.78 is 7.08. The van der Waals surface area contributed by atoms with Crippen LogP contribution in [0.2, 0.25) is 0 Å². The van der Waals surface area contributed by atoms with Gasteiger partial charge in [0.2, 0.25) is 0 Å². The van der Waals surface area contributed by atoms with E-state index in [4.69, 9.17) is 4.74 Å². The maximum atomic E-state index is 5.34. The van der Waals surface area contributed by atoms with Gasteiger partial charge in [-0.15, -0.1) is 0 Å². The van der Waals surface area contributed by atoms with Crippen molar-refractivity contribution >= 4 is 5.96 Å². The third kappa shape index (κ3) is 5.31. The number of hydrogen-bond acceptors (Lipinski definition) is 5. The summed E-state index contributed by atoms with van der Waals surface area (Å²) in [5.74, 6) is 1.66. The molecule has 0 aromatic carbocycles. The average molecular weight is 295 g/mol. The van der Waals surface area contributed by atoms with E-state index in [0.717, 1.165) is 57.7 Å². The number of aliphatic imine (C=N–C) groups is 1. The Kier molecular flexibility index (Phi) is 6.42. The molecule has 0 bridgehead atoms. The largest absolute Gasteiger partial charge is 0.379 e. The highest BCUT2D eigenvalue weighted by atomic mass is 16.5. The second kappa shape index (κ2) is 8.58. The van der Waals surface area contributed by atoms with Gasteiger partial charge >= 0.3 is 0 Å². The van der Waals surface area contributed by atoms with Gasteiger partial charge in [-0.2, -0.15) is 5.10 Å². The van der Waals surface area contributed by atoms with Gasteiger partial charge in [-0.05, 0) is 6.92 Å². The molecule has 1 aliphatic heterocycles. The lowest BCUT2D eigenvalue weighted by atomic mass is 10.4. The Bertz CT molecular complexity index is 439. The number of aryl methyl sites for hydroxylation is 1. The van der Waals surface area contributed by atoms with E-state index in [9.17, 15) is 0 Å². The Morgan fingerprint density at radius 3 is 2.86 bits per heavy atom. The topological polar surface area (TPSA) is 79.6 Å². The minimum absolute atomic E-state index is 0.517. The quantitative estimate of drug-likeness (QED) is 0.528. The molecule has 1 aliphatic rings.